The number of anilines is 1. The largest absolute Gasteiger partial charge is 0.357 e. The molecule has 0 aromatic heterocycles. The number of nitrogens with one attached hydrogen (secondary N) is 3. The van der Waals surface area contributed by atoms with E-state index in [4.69, 9.17) is 0 Å². The van der Waals surface area contributed by atoms with Gasteiger partial charge >= 0.3 is 0 Å². The molecule has 2 aromatic rings. The first-order chi connectivity index (χ1) is 13.6. The van der Waals surface area contributed by atoms with Gasteiger partial charge in [0, 0.05) is 18.3 Å². The van der Waals surface area contributed by atoms with E-state index in [1.165, 1.54) is 43.4 Å². The van der Waals surface area contributed by atoms with E-state index in [9.17, 15) is 22.4 Å². The lowest BCUT2D eigenvalue weighted by Crippen LogP contribution is -2.46. The normalized spacial score (nSPS) is 12.3. The Labute approximate surface area is 169 Å². The molecule has 0 saturated heterocycles. The van der Waals surface area contributed by atoms with Gasteiger partial charge in [-0.15, -0.1) is 0 Å². The molecule has 3 N–H and O–H groups in total. The second-order valence-electron chi connectivity index (χ2n) is 6.91. The molecule has 0 heterocycles. The Morgan fingerprint density at radius 3 is 2.10 bits per heavy atom. The summed E-state index contributed by atoms with van der Waals surface area (Å²) in [5, 5.41) is 5.19. The summed E-state index contributed by atoms with van der Waals surface area (Å²) in [6.45, 7) is 3.88. The van der Waals surface area contributed by atoms with Gasteiger partial charge in [-0.2, -0.15) is 0 Å². The predicted octanol–water partition coefficient (Wildman–Crippen LogP) is 2.52. The van der Waals surface area contributed by atoms with Crippen LogP contribution in [0.5, 0.6) is 0 Å². The van der Waals surface area contributed by atoms with Gasteiger partial charge in [0.05, 0.1) is 4.90 Å². The molecule has 0 bridgehead atoms. The molecule has 0 radical (unpaired) electrons. The van der Waals surface area contributed by atoms with Crippen molar-refractivity contribution in [2.24, 2.45) is 5.92 Å². The van der Waals surface area contributed by atoms with Crippen LogP contribution in [0.15, 0.2) is 53.4 Å². The topological polar surface area (TPSA) is 104 Å². The third-order valence-electron chi connectivity index (χ3n) is 4.10. The van der Waals surface area contributed by atoms with Gasteiger partial charge in [-0.3, -0.25) is 14.3 Å². The van der Waals surface area contributed by atoms with E-state index in [1.807, 2.05) is 13.8 Å². The molecule has 0 saturated carbocycles. The number of carbonyl (C=O) groups is 2. The van der Waals surface area contributed by atoms with Gasteiger partial charge in [0.2, 0.25) is 5.91 Å². The van der Waals surface area contributed by atoms with E-state index in [1.54, 1.807) is 0 Å². The lowest BCUT2D eigenvalue weighted by molar-refractivity contribution is -0.122. The number of amides is 2. The van der Waals surface area contributed by atoms with Crippen LogP contribution in [0.4, 0.5) is 10.1 Å². The Morgan fingerprint density at radius 2 is 1.59 bits per heavy atom. The summed E-state index contributed by atoms with van der Waals surface area (Å²) in [4.78, 5) is 24.4. The highest BCUT2D eigenvalue weighted by molar-refractivity contribution is 7.92. The van der Waals surface area contributed by atoms with Gasteiger partial charge in [0.25, 0.3) is 15.9 Å². The van der Waals surface area contributed by atoms with Crippen molar-refractivity contribution in [2.45, 2.75) is 31.2 Å². The highest BCUT2D eigenvalue weighted by Gasteiger charge is 2.22. The Bertz CT molecular complexity index is 958. The SMILES string of the molecule is CNC(=O)C(CC(C)C)NC(=O)c1ccc(S(=O)(=O)Nc2ccc(F)cc2)cc1. The number of hydrogen-bond donors (Lipinski definition) is 3. The maximum Gasteiger partial charge on any atom is 0.261 e. The monoisotopic (exact) mass is 421 g/mol. The molecule has 2 aromatic carbocycles. The van der Waals surface area contributed by atoms with Gasteiger partial charge < -0.3 is 10.6 Å². The Kier molecular flexibility index (Phi) is 7.33. The van der Waals surface area contributed by atoms with Crippen molar-refractivity contribution in [3.63, 3.8) is 0 Å². The summed E-state index contributed by atoms with van der Waals surface area (Å²) < 4.78 is 40.2. The third kappa shape index (κ3) is 6.28. The summed E-state index contributed by atoms with van der Waals surface area (Å²) >= 11 is 0. The molecule has 29 heavy (non-hydrogen) atoms. The quantitative estimate of drug-likeness (QED) is 0.609. The summed E-state index contributed by atoms with van der Waals surface area (Å²) in [6, 6.07) is 9.53. The number of hydrogen-bond acceptors (Lipinski definition) is 4. The van der Waals surface area contributed by atoms with Gasteiger partial charge in [-0.1, -0.05) is 13.8 Å². The molecule has 0 aliphatic carbocycles. The molecule has 2 rings (SSSR count). The first-order valence-corrected chi connectivity index (χ1v) is 10.5. The molecule has 0 aliphatic rings. The third-order valence-corrected chi connectivity index (χ3v) is 5.50. The predicted molar refractivity (Wildman–Crippen MR) is 108 cm³/mol. The van der Waals surface area contributed by atoms with Crippen LogP contribution in [0.25, 0.3) is 0 Å². The van der Waals surface area contributed by atoms with Crippen LogP contribution >= 0.6 is 0 Å². The zero-order valence-electron chi connectivity index (χ0n) is 16.4. The molecule has 9 heteroatoms. The van der Waals surface area contributed by atoms with Crippen LogP contribution in [0.2, 0.25) is 0 Å². The van der Waals surface area contributed by atoms with Crippen molar-refractivity contribution in [2.75, 3.05) is 11.8 Å². The molecule has 0 fully saturated rings. The Morgan fingerprint density at radius 1 is 1.00 bits per heavy atom. The second-order valence-corrected chi connectivity index (χ2v) is 8.59. The number of sulfonamides is 1. The van der Waals surface area contributed by atoms with E-state index in [-0.39, 0.29) is 28.0 Å². The number of halogens is 1. The van der Waals surface area contributed by atoms with Crippen LogP contribution < -0.4 is 15.4 Å². The summed E-state index contributed by atoms with van der Waals surface area (Å²) in [6.07, 6.45) is 0.472. The second kappa shape index (κ2) is 9.51. The number of likely N-dealkylation sites (N-methyl/N-ethyl adjacent to an activating group) is 1. The molecular formula is C20H24FN3O4S. The van der Waals surface area contributed by atoms with Crippen molar-refractivity contribution in [1.29, 1.82) is 0 Å². The number of rotatable bonds is 8. The fourth-order valence-electron chi connectivity index (χ4n) is 2.64. The first-order valence-electron chi connectivity index (χ1n) is 9.03. The fraction of sp³-hybridized carbons (Fsp3) is 0.300. The van der Waals surface area contributed by atoms with Gasteiger partial charge in [0.15, 0.2) is 0 Å². The molecule has 1 atom stereocenters. The van der Waals surface area contributed by atoms with Crippen LogP contribution in [0, 0.1) is 11.7 Å². The zero-order valence-corrected chi connectivity index (χ0v) is 17.2. The van der Waals surface area contributed by atoms with Crippen LogP contribution in [-0.2, 0) is 14.8 Å². The molecule has 0 spiro atoms. The van der Waals surface area contributed by atoms with E-state index in [0.29, 0.717) is 6.42 Å². The maximum atomic E-state index is 13.0. The van der Waals surface area contributed by atoms with Crippen LogP contribution in [-0.4, -0.2) is 33.3 Å². The molecule has 1 unspecified atom stereocenters. The Hall–Kier alpha value is -2.94. The number of benzene rings is 2. The van der Waals surface area contributed by atoms with Gasteiger partial charge in [0.1, 0.15) is 11.9 Å². The molecule has 0 aliphatic heterocycles. The average Bonchev–Trinajstić information content (AvgIpc) is 2.68. The molecule has 2 amide bonds. The smallest absolute Gasteiger partial charge is 0.261 e. The van der Waals surface area contributed by atoms with Gasteiger partial charge in [-0.05, 0) is 60.9 Å². The molecule has 156 valence electrons. The standard InChI is InChI=1S/C20H24FN3O4S/c1-13(2)12-18(20(26)22-3)23-19(25)14-4-10-17(11-5-14)29(27,28)24-16-8-6-15(21)7-9-16/h4-11,13,18,24H,12H2,1-3H3,(H,22,26)(H,23,25). The van der Waals surface area contributed by atoms with E-state index in [0.717, 1.165) is 12.1 Å². The van der Waals surface area contributed by atoms with Crippen molar-refractivity contribution in [1.82, 2.24) is 10.6 Å². The summed E-state index contributed by atoms with van der Waals surface area (Å²) in [5.74, 6) is -1.05. The van der Waals surface area contributed by atoms with Crippen LogP contribution in [0.1, 0.15) is 30.6 Å². The maximum absolute atomic E-state index is 13.0. The zero-order chi connectivity index (χ0) is 21.6. The fourth-order valence-corrected chi connectivity index (χ4v) is 3.69. The average molecular weight is 421 g/mol. The summed E-state index contributed by atoms with van der Waals surface area (Å²) in [7, 11) is -2.40. The molecular weight excluding hydrogens is 397 g/mol. The van der Waals surface area contributed by atoms with Crippen molar-refractivity contribution in [3.05, 3.63) is 59.9 Å². The van der Waals surface area contributed by atoms with Crippen LogP contribution in [0.3, 0.4) is 0 Å². The lowest BCUT2D eigenvalue weighted by Gasteiger charge is -2.19. The minimum Gasteiger partial charge on any atom is -0.357 e. The molecule has 7 nitrogen and oxygen atoms in total. The lowest BCUT2D eigenvalue weighted by atomic mass is 10.0. The summed E-state index contributed by atoms with van der Waals surface area (Å²) in [5.41, 5.74) is 0.443. The van der Waals surface area contributed by atoms with Gasteiger partial charge in [-0.25, -0.2) is 12.8 Å². The van der Waals surface area contributed by atoms with Crippen molar-refractivity contribution in [3.8, 4) is 0 Å². The highest BCUT2D eigenvalue weighted by atomic mass is 32.2. The highest BCUT2D eigenvalue weighted by Crippen LogP contribution is 2.17. The van der Waals surface area contributed by atoms with E-state index >= 15 is 0 Å². The van der Waals surface area contributed by atoms with E-state index < -0.39 is 27.8 Å². The number of carbonyl (C=O) groups excluding carboxylic acids is 2. The minimum absolute atomic E-state index is 0.0524. The van der Waals surface area contributed by atoms with Crippen molar-refractivity contribution < 1.29 is 22.4 Å². The first kappa shape index (κ1) is 22.4. The van der Waals surface area contributed by atoms with E-state index in [2.05, 4.69) is 15.4 Å². The Balaban J connectivity index is 2.12. The minimum atomic E-state index is -3.89. The van der Waals surface area contributed by atoms with Crippen molar-refractivity contribution >= 4 is 27.5 Å².